The monoisotopic (exact) mass is 472 g/mol. The second-order valence-corrected chi connectivity index (χ2v) is 7.05. The fraction of sp³-hybridized carbons (Fsp3) is 0.0526. The van der Waals surface area contributed by atoms with E-state index >= 15 is 0 Å². The van der Waals surface area contributed by atoms with E-state index in [1.807, 2.05) is 0 Å². The highest BCUT2D eigenvalue weighted by molar-refractivity contribution is 6.38. The highest BCUT2D eigenvalue weighted by atomic mass is 35.5. The highest BCUT2D eigenvalue weighted by Gasteiger charge is 2.25. The van der Waals surface area contributed by atoms with Crippen molar-refractivity contribution in [1.29, 1.82) is 0 Å². The van der Waals surface area contributed by atoms with Gasteiger partial charge in [-0.3, -0.25) is 4.79 Å². The smallest absolute Gasteiger partial charge is 0.294 e. The van der Waals surface area contributed by atoms with Gasteiger partial charge in [0.1, 0.15) is 11.4 Å². The van der Waals surface area contributed by atoms with E-state index in [-0.39, 0.29) is 23.0 Å². The third-order valence-electron chi connectivity index (χ3n) is 4.28. The summed E-state index contributed by atoms with van der Waals surface area (Å²) in [5.41, 5.74) is 9.42. The third kappa shape index (κ3) is 4.11. The maximum Gasteiger partial charge on any atom is 0.294 e. The van der Waals surface area contributed by atoms with Crippen molar-refractivity contribution in [1.82, 2.24) is 30.7 Å². The van der Waals surface area contributed by atoms with Crippen LogP contribution in [0.15, 0.2) is 52.2 Å². The lowest BCUT2D eigenvalue weighted by Crippen LogP contribution is -2.19. The van der Waals surface area contributed by atoms with Gasteiger partial charge in [-0.2, -0.15) is 9.78 Å². The standard InChI is InChI=1S/C19H14Cl2N8O3/c1-31-11-5-2-4-10(8-11)16-15(24-28-29(16)18-17(22)26-32-27-18)19(30)25-23-9-12-13(20)6-3-7-14(12)21/h2-9H,1H3,(H2,22,26)(H,25,30)/b23-9-. The first kappa shape index (κ1) is 21.3. The minimum Gasteiger partial charge on any atom is -0.497 e. The van der Waals surface area contributed by atoms with Crippen LogP contribution in [0, 0.1) is 0 Å². The molecule has 4 rings (SSSR count). The molecular weight excluding hydrogens is 459 g/mol. The van der Waals surface area contributed by atoms with Crippen molar-refractivity contribution in [2.24, 2.45) is 5.10 Å². The molecule has 2 aromatic carbocycles. The predicted molar refractivity (Wildman–Crippen MR) is 117 cm³/mol. The molecular formula is C19H14Cl2N8O3. The van der Waals surface area contributed by atoms with Gasteiger partial charge in [-0.25, -0.2) is 10.1 Å². The summed E-state index contributed by atoms with van der Waals surface area (Å²) in [5.74, 6) is -0.0548. The van der Waals surface area contributed by atoms with Crippen LogP contribution in [-0.2, 0) is 0 Å². The van der Waals surface area contributed by atoms with Crippen molar-refractivity contribution in [2.45, 2.75) is 0 Å². The van der Waals surface area contributed by atoms with Gasteiger partial charge in [0.05, 0.1) is 23.4 Å². The number of amides is 1. The molecule has 0 atom stereocenters. The van der Waals surface area contributed by atoms with Crippen LogP contribution in [0.2, 0.25) is 10.0 Å². The summed E-state index contributed by atoms with van der Waals surface area (Å²) >= 11 is 12.2. The number of hydrogen-bond donors (Lipinski definition) is 2. The highest BCUT2D eigenvalue weighted by Crippen LogP contribution is 2.29. The Labute approximate surface area is 190 Å². The summed E-state index contributed by atoms with van der Waals surface area (Å²) in [4.78, 5) is 12.9. The second kappa shape index (κ2) is 9.04. The fourth-order valence-electron chi connectivity index (χ4n) is 2.79. The van der Waals surface area contributed by atoms with Crippen LogP contribution in [0.3, 0.4) is 0 Å². The summed E-state index contributed by atoms with van der Waals surface area (Å²) in [6.45, 7) is 0. The number of anilines is 1. The lowest BCUT2D eigenvalue weighted by molar-refractivity contribution is 0.0950. The number of aromatic nitrogens is 5. The summed E-state index contributed by atoms with van der Waals surface area (Å²) in [5, 5.41) is 19.9. The second-order valence-electron chi connectivity index (χ2n) is 6.24. The van der Waals surface area contributed by atoms with Crippen LogP contribution in [0.4, 0.5) is 5.82 Å². The van der Waals surface area contributed by atoms with Gasteiger partial charge in [0, 0.05) is 11.1 Å². The van der Waals surface area contributed by atoms with Crippen LogP contribution >= 0.6 is 23.2 Å². The normalized spacial score (nSPS) is 11.1. The van der Waals surface area contributed by atoms with Crippen LogP contribution in [0.5, 0.6) is 5.75 Å². The number of carbonyl (C=O) groups excluding carboxylic acids is 1. The molecule has 0 aliphatic carbocycles. The SMILES string of the molecule is COc1cccc(-c2c(C(=O)N/N=C\c3c(Cl)cccc3Cl)nnn2-c2nonc2N)c1. The van der Waals surface area contributed by atoms with Gasteiger partial charge in [0.15, 0.2) is 5.69 Å². The molecule has 0 unspecified atom stereocenters. The van der Waals surface area contributed by atoms with Crippen molar-refractivity contribution in [3.05, 3.63) is 63.8 Å². The van der Waals surface area contributed by atoms with Crippen LogP contribution in [0.25, 0.3) is 17.1 Å². The average molecular weight is 473 g/mol. The molecule has 0 aliphatic rings. The summed E-state index contributed by atoms with van der Waals surface area (Å²) in [6.07, 6.45) is 1.33. The van der Waals surface area contributed by atoms with Gasteiger partial charge >= 0.3 is 0 Å². The molecule has 0 saturated carbocycles. The van der Waals surface area contributed by atoms with Crippen LogP contribution in [0.1, 0.15) is 16.1 Å². The zero-order valence-electron chi connectivity index (χ0n) is 16.4. The predicted octanol–water partition coefficient (Wildman–Crippen LogP) is 2.98. The lowest BCUT2D eigenvalue weighted by atomic mass is 10.1. The molecule has 2 heterocycles. The Morgan fingerprint density at radius 2 is 1.97 bits per heavy atom. The number of halogens is 2. The molecule has 0 bridgehead atoms. The van der Waals surface area contributed by atoms with Crippen molar-refractivity contribution in [3.8, 4) is 22.8 Å². The number of nitrogen functional groups attached to an aromatic ring is 1. The number of nitrogens with one attached hydrogen (secondary N) is 1. The fourth-order valence-corrected chi connectivity index (χ4v) is 3.29. The quantitative estimate of drug-likeness (QED) is 0.321. The number of ether oxygens (including phenoxy) is 1. The minimum absolute atomic E-state index is 0.0302. The molecule has 0 spiro atoms. The molecule has 3 N–H and O–H groups in total. The van der Waals surface area contributed by atoms with E-state index in [4.69, 9.17) is 33.7 Å². The zero-order chi connectivity index (χ0) is 22.7. The van der Waals surface area contributed by atoms with Gasteiger partial charge in [-0.1, -0.05) is 46.6 Å². The van der Waals surface area contributed by atoms with Gasteiger partial charge in [-0.15, -0.1) is 5.10 Å². The number of hydrogen-bond acceptors (Lipinski definition) is 9. The Balaban J connectivity index is 1.72. The average Bonchev–Trinajstić information content (AvgIpc) is 3.41. The van der Waals surface area contributed by atoms with E-state index in [9.17, 15) is 4.79 Å². The number of hydrazone groups is 1. The molecule has 0 saturated heterocycles. The summed E-state index contributed by atoms with van der Waals surface area (Å²) in [6, 6.07) is 11.9. The van der Waals surface area contributed by atoms with E-state index in [1.54, 1.807) is 42.5 Å². The van der Waals surface area contributed by atoms with Gasteiger partial charge in [0.25, 0.3) is 5.91 Å². The molecule has 1 amide bonds. The van der Waals surface area contributed by atoms with E-state index in [0.29, 0.717) is 26.9 Å². The number of methoxy groups -OCH3 is 1. The number of nitrogens with zero attached hydrogens (tertiary/aromatic N) is 6. The van der Waals surface area contributed by atoms with Crippen molar-refractivity contribution < 1.29 is 14.2 Å². The molecule has 32 heavy (non-hydrogen) atoms. The molecule has 0 aliphatic heterocycles. The lowest BCUT2D eigenvalue weighted by Gasteiger charge is -2.07. The largest absolute Gasteiger partial charge is 0.497 e. The summed E-state index contributed by atoms with van der Waals surface area (Å²) < 4.78 is 11.2. The third-order valence-corrected chi connectivity index (χ3v) is 4.94. The molecule has 0 fully saturated rings. The molecule has 4 aromatic rings. The number of benzene rings is 2. The van der Waals surface area contributed by atoms with Gasteiger partial charge in [0.2, 0.25) is 11.6 Å². The number of rotatable bonds is 6. The molecule has 2 aromatic heterocycles. The summed E-state index contributed by atoms with van der Waals surface area (Å²) in [7, 11) is 1.52. The molecule has 0 radical (unpaired) electrons. The zero-order valence-corrected chi connectivity index (χ0v) is 17.9. The molecule has 162 valence electrons. The first-order valence-electron chi connectivity index (χ1n) is 8.95. The minimum atomic E-state index is -0.650. The Hall–Kier alpha value is -3.96. The number of carbonyl (C=O) groups is 1. The maximum absolute atomic E-state index is 12.9. The van der Waals surface area contributed by atoms with Crippen molar-refractivity contribution in [3.63, 3.8) is 0 Å². The van der Waals surface area contributed by atoms with E-state index < -0.39 is 5.91 Å². The topological polar surface area (TPSA) is 146 Å². The Morgan fingerprint density at radius 1 is 1.22 bits per heavy atom. The maximum atomic E-state index is 12.9. The number of nitrogens with two attached hydrogens (primary N) is 1. The Morgan fingerprint density at radius 3 is 2.66 bits per heavy atom. The molecule has 11 nitrogen and oxygen atoms in total. The first-order valence-corrected chi connectivity index (χ1v) is 9.71. The van der Waals surface area contributed by atoms with Crippen molar-refractivity contribution in [2.75, 3.05) is 12.8 Å². The Bertz CT molecular complexity index is 1300. The van der Waals surface area contributed by atoms with Crippen LogP contribution < -0.4 is 15.9 Å². The van der Waals surface area contributed by atoms with Gasteiger partial charge < -0.3 is 10.5 Å². The Kier molecular flexibility index (Phi) is 6.01. The van der Waals surface area contributed by atoms with E-state index in [2.05, 4.69) is 35.8 Å². The van der Waals surface area contributed by atoms with E-state index in [1.165, 1.54) is 18.0 Å². The van der Waals surface area contributed by atoms with E-state index in [0.717, 1.165) is 0 Å². The van der Waals surface area contributed by atoms with Gasteiger partial charge in [-0.05, 0) is 34.6 Å². The van der Waals surface area contributed by atoms with Crippen LogP contribution in [-0.4, -0.2) is 44.5 Å². The molecule has 13 heteroatoms. The van der Waals surface area contributed by atoms with Crippen molar-refractivity contribution >= 4 is 41.1 Å². The first-order chi connectivity index (χ1) is 15.5.